The number of fused-ring (bicyclic) bond motifs is 9. The Morgan fingerprint density at radius 2 is 1.11 bits per heavy atom. The van der Waals surface area contributed by atoms with Crippen molar-refractivity contribution < 1.29 is 0 Å². The lowest BCUT2D eigenvalue weighted by atomic mass is 9.43. The van der Waals surface area contributed by atoms with E-state index in [0.29, 0.717) is 0 Å². The van der Waals surface area contributed by atoms with Gasteiger partial charge in [-0.3, -0.25) is 0 Å². The number of hydrogen-bond donors (Lipinski definition) is 0. The monoisotopic (exact) mass is 577 g/mol. The van der Waals surface area contributed by atoms with Crippen LogP contribution in [0.15, 0.2) is 127 Å². The quantitative estimate of drug-likeness (QED) is 0.193. The zero-order chi connectivity index (χ0) is 29.3. The van der Waals surface area contributed by atoms with E-state index in [2.05, 4.69) is 132 Å². The first kappa shape index (κ1) is 24.7. The molecule has 1 spiro atoms. The SMILES string of the molecule is c1ccc(-c2ccc(-n3c4c5c(ccc4c4ccc6ccccc6c43)C3(c4ccccc4-5)C4CC5CC(C4)CC3C5)cc2)cc1. The molecule has 1 nitrogen and oxygen atoms in total. The summed E-state index contributed by atoms with van der Waals surface area (Å²) >= 11 is 0. The topological polar surface area (TPSA) is 4.93 Å². The van der Waals surface area contributed by atoms with E-state index in [-0.39, 0.29) is 5.41 Å². The maximum Gasteiger partial charge on any atom is 0.0622 e. The van der Waals surface area contributed by atoms with Crippen LogP contribution in [0.3, 0.4) is 0 Å². The van der Waals surface area contributed by atoms with Crippen molar-refractivity contribution in [1.29, 1.82) is 0 Å². The Labute approximate surface area is 264 Å². The van der Waals surface area contributed by atoms with E-state index >= 15 is 0 Å². The minimum absolute atomic E-state index is 0.161. The predicted molar refractivity (Wildman–Crippen MR) is 187 cm³/mol. The standard InChI is InChI=1S/C44H35N/c1-2-8-29(9-3-1)30-14-17-34(18-15-30)45-42-35-11-5-4-10-31(35)16-19-36(42)37-20-21-40-41(43(37)45)38-12-6-7-13-39(38)44(40)32-23-27-22-28(25-32)26-33(44)24-27/h1-21,27-28,32-33H,22-26H2. The Morgan fingerprint density at radius 1 is 0.467 bits per heavy atom. The first-order valence-corrected chi connectivity index (χ1v) is 17.0. The minimum atomic E-state index is 0.161. The summed E-state index contributed by atoms with van der Waals surface area (Å²) in [5.74, 6) is 3.41. The molecule has 0 saturated heterocycles. The van der Waals surface area contributed by atoms with Crippen molar-refractivity contribution in [2.45, 2.75) is 37.5 Å². The first-order valence-electron chi connectivity index (χ1n) is 17.0. The largest absolute Gasteiger partial charge is 0.308 e. The highest BCUT2D eigenvalue weighted by atomic mass is 15.0. The maximum absolute atomic E-state index is 2.63. The van der Waals surface area contributed by atoms with E-state index in [1.54, 1.807) is 11.1 Å². The van der Waals surface area contributed by atoms with Gasteiger partial charge in [-0.25, -0.2) is 0 Å². The second kappa shape index (κ2) is 8.76. The zero-order valence-electron chi connectivity index (χ0n) is 25.4. The van der Waals surface area contributed by atoms with Gasteiger partial charge in [0.2, 0.25) is 0 Å². The van der Waals surface area contributed by atoms with E-state index in [1.165, 1.54) is 92.6 Å². The Morgan fingerprint density at radius 3 is 1.91 bits per heavy atom. The number of hydrogen-bond acceptors (Lipinski definition) is 0. The van der Waals surface area contributed by atoms with Crippen LogP contribution in [-0.4, -0.2) is 4.57 Å². The molecule has 1 aromatic heterocycles. The van der Waals surface area contributed by atoms with E-state index in [0.717, 1.165) is 23.7 Å². The molecule has 1 heteroatoms. The summed E-state index contributed by atoms with van der Waals surface area (Å²) in [5, 5.41) is 5.34. The lowest BCUT2D eigenvalue weighted by Crippen LogP contribution is -2.55. The van der Waals surface area contributed by atoms with Gasteiger partial charge in [0.1, 0.15) is 0 Å². The van der Waals surface area contributed by atoms with Gasteiger partial charge in [0, 0.05) is 32.8 Å². The fraction of sp³-hybridized carbons (Fsp3) is 0.227. The lowest BCUT2D eigenvalue weighted by Gasteiger charge is -2.61. The van der Waals surface area contributed by atoms with Gasteiger partial charge >= 0.3 is 0 Å². The van der Waals surface area contributed by atoms with Crippen LogP contribution in [0.5, 0.6) is 0 Å². The van der Waals surface area contributed by atoms with Crippen molar-refractivity contribution in [1.82, 2.24) is 4.57 Å². The van der Waals surface area contributed by atoms with Gasteiger partial charge < -0.3 is 4.57 Å². The number of aromatic nitrogens is 1. The molecule has 4 fully saturated rings. The third-order valence-electron chi connectivity index (χ3n) is 12.6. The van der Waals surface area contributed by atoms with Gasteiger partial charge in [-0.1, -0.05) is 115 Å². The van der Waals surface area contributed by atoms with Crippen molar-refractivity contribution in [2.75, 3.05) is 0 Å². The van der Waals surface area contributed by atoms with E-state index in [9.17, 15) is 0 Å². The number of rotatable bonds is 2. The van der Waals surface area contributed by atoms with Crippen LogP contribution in [-0.2, 0) is 5.41 Å². The van der Waals surface area contributed by atoms with Gasteiger partial charge in [0.15, 0.2) is 0 Å². The van der Waals surface area contributed by atoms with E-state index in [1.807, 2.05) is 0 Å². The Bertz CT molecular complexity index is 2290. The van der Waals surface area contributed by atoms with Crippen LogP contribution in [0.1, 0.15) is 43.2 Å². The smallest absolute Gasteiger partial charge is 0.0622 e. The van der Waals surface area contributed by atoms with Gasteiger partial charge in [0.05, 0.1) is 11.0 Å². The predicted octanol–water partition coefficient (Wildman–Crippen LogP) is 11.3. The Balaban J connectivity index is 1.26. The molecule has 12 rings (SSSR count). The molecule has 0 amide bonds. The number of nitrogens with zero attached hydrogens (tertiary/aromatic N) is 1. The summed E-state index contributed by atoms with van der Waals surface area (Å²) < 4.78 is 2.63. The van der Waals surface area contributed by atoms with Crippen LogP contribution in [0.2, 0.25) is 0 Å². The molecule has 45 heavy (non-hydrogen) atoms. The van der Waals surface area contributed by atoms with Gasteiger partial charge in [0.25, 0.3) is 0 Å². The highest BCUT2D eigenvalue weighted by molar-refractivity contribution is 6.22. The third kappa shape index (κ3) is 3.09. The van der Waals surface area contributed by atoms with Crippen LogP contribution >= 0.6 is 0 Å². The normalized spacial score (nSPS) is 25.9. The fourth-order valence-electron chi connectivity index (χ4n) is 11.2. The average Bonchev–Trinajstić information content (AvgIpc) is 3.59. The molecule has 0 radical (unpaired) electrons. The molecule has 0 aliphatic heterocycles. The van der Waals surface area contributed by atoms with Gasteiger partial charge in [-0.2, -0.15) is 0 Å². The molecule has 0 unspecified atom stereocenters. The van der Waals surface area contributed by atoms with E-state index < -0.39 is 0 Å². The second-order valence-electron chi connectivity index (χ2n) is 14.5. The summed E-state index contributed by atoms with van der Waals surface area (Å²) in [7, 11) is 0. The average molecular weight is 578 g/mol. The minimum Gasteiger partial charge on any atom is -0.308 e. The van der Waals surface area contributed by atoms with Crippen molar-refractivity contribution in [3.63, 3.8) is 0 Å². The molecular formula is C44H35N. The molecule has 5 aliphatic rings. The van der Waals surface area contributed by atoms with Crippen LogP contribution in [0, 0.1) is 23.7 Å². The maximum atomic E-state index is 2.63. The van der Waals surface area contributed by atoms with Crippen LogP contribution < -0.4 is 0 Å². The Hall–Kier alpha value is -4.62. The van der Waals surface area contributed by atoms with Crippen molar-refractivity contribution in [2.24, 2.45) is 23.7 Å². The van der Waals surface area contributed by atoms with Crippen molar-refractivity contribution in [3.8, 4) is 27.9 Å². The molecule has 4 saturated carbocycles. The molecule has 6 aromatic carbocycles. The summed E-state index contributed by atoms with van der Waals surface area (Å²) in [6, 6.07) is 48.4. The zero-order valence-corrected chi connectivity index (χ0v) is 25.4. The lowest BCUT2D eigenvalue weighted by molar-refractivity contribution is -0.0399. The molecular weight excluding hydrogens is 542 g/mol. The van der Waals surface area contributed by atoms with Crippen LogP contribution in [0.25, 0.3) is 60.5 Å². The summed E-state index contributed by atoms with van der Waals surface area (Å²) in [6.45, 7) is 0. The van der Waals surface area contributed by atoms with Crippen LogP contribution in [0.4, 0.5) is 0 Å². The molecule has 1 heterocycles. The second-order valence-corrected chi connectivity index (χ2v) is 14.5. The molecule has 7 aromatic rings. The highest BCUT2D eigenvalue weighted by Crippen LogP contribution is 2.70. The summed E-state index contributed by atoms with van der Waals surface area (Å²) in [6.07, 6.45) is 7.12. The third-order valence-corrected chi connectivity index (χ3v) is 12.6. The molecule has 5 aliphatic carbocycles. The van der Waals surface area contributed by atoms with Crippen molar-refractivity contribution in [3.05, 3.63) is 139 Å². The molecule has 4 bridgehead atoms. The summed E-state index contributed by atoms with van der Waals surface area (Å²) in [5.41, 5.74) is 12.9. The van der Waals surface area contributed by atoms with Gasteiger partial charge in [-0.05, 0) is 101 Å². The van der Waals surface area contributed by atoms with Gasteiger partial charge in [-0.15, -0.1) is 0 Å². The molecule has 216 valence electrons. The fourth-order valence-corrected chi connectivity index (χ4v) is 11.2. The first-order chi connectivity index (χ1) is 22.3. The summed E-state index contributed by atoms with van der Waals surface area (Å²) in [4.78, 5) is 0. The highest BCUT2D eigenvalue weighted by Gasteiger charge is 2.61. The molecule has 0 N–H and O–H groups in total. The van der Waals surface area contributed by atoms with Crippen molar-refractivity contribution >= 4 is 32.6 Å². The molecule has 0 atom stereocenters. The van der Waals surface area contributed by atoms with E-state index in [4.69, 9.17) is 0 Å². The Kier molecular flexibility index (Phi) is 4.80. The number of benzene rings is 6.